The molecule has 2 saturated heterocycles. The lowest BCUT2D eigenvalue weighted by atomic mass is 9.80. The third-order valence-corrected chi connectivity index (χ3v) is 4.90. The highest BCUT2D eigenvalue weighted by Gasteiger charge is 2.51. The van der Waals surface area contributed by atoms with Gasteiger partial charge in [0.25, 0.3) is 0 Å². The van der Waals surface area contributed by atoms with Gasteiger partial charge in [0, 0.05) is 24.9 Å². The van der Waals surface area contributed by atoms with Crippen molar-refractivity contribution in [2.24, 2.45) is 0 Å². The molecule has 0 saturated carbocycles. The molecule has 2 aliphatic heterocycles. The molecule has 2 unspecified atom stereocenters. The molecular weight excluding hydrogens is 304 g/mol. The summed E-state index contributed by atoms with van der Waals surface area (Å²) in [7, 11) is 0. The van der Waals surface area contributed by atoms with Crippen LogP contribution in [0.1, 0.15) is 57.6 Å². The molecule has 2 aliphatic rings. The van der Waals surface area contributed by atoms with Crippen molar-refractivity contribution in [1.82, 2.24) is 4.90 Å². The van der Waals surface area contributed by atoms with Crippen molar-refractivity contribution in [2.75, 3.05) is 0 Å². The first-order chi connectivity index (χ1) is 11.2. The van der Waals surface area contributed by atoms with Crippen LogP contribution in [0, 0.1) is 11.3 Å². The van der Waals surface area contributed by atoms with Crippen molar-refractivity contribution in [3.05, 3.63) is 35.4 Å². The van der Waals surface area contributed by atoms with Gasteiger partial charge in [-0.2, -0.15) is 5.26 Å². The van der Waals surface area contributed by atoms with Gasteiger partial charge in [-0.05, 0) is 51.3 Å². The molecule has 128 valence electrons. The predicted octanol–water partition coefficient (Wildman–Crippen LogP) is 3.31. The third kappa shape index (κ3) is 3.11. The molecule has 1 N–H and O–H groups in total. The van der Waals surface area contributed by atoms with Gasteiger partial charge in [0.1, 0.15) is 5.60 Å². The largest absolute Gasteiger partial charge is 0.444 e. The average Bonchev–Trinajstić information content (AvgIpc) is 2.78. The Bertz CT molecular complexity index is 673. The number of aliphatic hydroxyl groups is 1. The first-order valence-electron chi connectivity index (χ1n) is 8.46. The molecule has 1 amide bonds. The number of benzene rings is 1. The van der Waals surface area contributed by atoms with Crippen LogP contribution in [-0.2, 0) is 10.3 Å². The van der Waals surface area contributed by atoms with Crippen LogP contribution in [0.2, 0.25) is 0 Å². The Kier molecular flexibility index (Phi) is 4.05. The molecule has 1 aromatic rings. The van der Waals surface area contributed by atoms with Gasteiger partial charge in [-0.15, -0.1) is 0 Å². The number of carbonyl (C=O) groups is 1. The molecule has 5 heteroatoms. The fourth-order valence-electron chi connectivity index (χ4n) is 3.95. The fourth-order valence-corrected chi connectivity index (χ4v) is 3.95. The van der Waals surface area contributed by atoms with Crippen molar-refractivity contribution in [2.45, 2.75) is 69.7 Å². The van der Waals surface area contributed by atoms with E-state index in [4.69, 9.17) is 10.00 Å². The van der Waals surface area contributed by atoms with Crippen LogP contribution in [0.15, 0.2) is 24.3 Å². The van der Waals surface area contributed by atoms with Crippen LogP contribution in [0.25, 0.3) is 0 Å². The monoisotopic (exact) mass is 328 g/mol. The first kappa shape index (κ1) is 16.8. The minimum atomic E-state index is -0.989. The Hall–Kier alpha value is -2.06. The molecule has 0 aromatic heterocycles. The van der Waals surface area contributed by atoms with Gasteiger partial charge in [-0.1, -0.05) is 12.1 Å². The zero-order valence-corrected chi connectivity index (χ0v) is 14.5. The zero-order chi connectivity index (χ0) is 17.5. The lowest BCUT2D eigenvalue weighted by molar-refractivity contribution is -0.0624. The van der Waals surface area contributed by atoms with E-state index in [1.807, 2.05) is 31.7 Å². The summed E-state index contributed by atoms with van der Waals surface area (Å²) in [4.78, 5) is 14.3. The van der Waals surface area contributed by atoms with E-state index in [2.05, 4.69) is 6.07 Å². The van der Waals surface area contributed by atoms with Gasteiger partial charge >= 0.3 is 6.09 Å². The number of amides is 1. The molecule has 0 aliphatic carbocycles. The van der Waals surface area contributed by atoms with E-state index in [0.29, 0.717) is 18.4 Å². The smallest absolute Gasteiger partial charge is 0.410 e. The summed E-state index contributed by atoms with van der Waals surface area (Å²) < 4.78 is 5.53. The maximum atomic E-state index is 12.5. The maximum absolute atomic E-state index is 12.5. The minimum Gasteiger partial charge on any atom is -0.444 e. The lowest BCUT2D eigenvalue weighted by Gasteiger charge is -2.44. The van der Waals surface area contributed by atoms with Crippen LogP contribution < -0.4 is 0 Å². The number of hydrogen-bond acceptors (Lipinski definition) is 4. The van der Waals surface area contributed by atoms with Crippen LogP contribution in [-0.4, -0.2) is 33.8 Å². The summed E-state index contributed by atoms with van der Waals surface area (Å²) in [5.74, 6) is 0. The predicted molar refractivity (Wildman–Crippen MR) is 89.2 cm³/mol. The summed E-state index contributed by atoms with van der Waals surface area (Å²) >= 11 is 0. The van der Waals surface area contributed by atoms with Crippen molar-refractivity contribution in [3.63, 3.8) is 0 Å². The number of nitrogens with zero attached hydrogens (tertiary/aromatic N) is 2. The van der Waals surface area contributed by atoms with E-state index in [9.17, 15) is 9.90 Å². The average molecular weight is 328 g/mol. The van der Waals surface area contributed by atoms with Crippen LogP contribution in [0.3, 0.4) is 0 Å². The molecule has 0 spiro atoms. The van der Waals surface area contributed by atoms with E-state index in [1.165, 1.54) is 0 Å². The molecule has 24 heavy (non-hydrogen) atoms. The number of carbonyl (C=O) groups excluding carboxylic acids is 1. The Morgan fingerprint density at radius 2 is 1.96 bits per heavy atom. The highest BCUT2D eigenvalue weighted by Crippen LogP contribution is 2.46. The Morgan fingerprint density at radius 3 is 2.50 bits per heavy atom. The Labute approximate surface area is 142 Å². The normalized spacial score (nSPS) is 29.2. The summed E-state index contributed by atoms with van der Waals surface area (Å²) in [6.07, 6.45) is 2.44. The molecule has 3 rings (SSSR count). The van der Waals surface area contributed by atoms with E-state index >= 15 is 0 Å². The number of rotatable bonds is 1. The summed E-state index contributed by atoms with van der Waals surface area (Å²) in [5.41, 5.74) is -0.201. The maximum Gasteiger partial charge on any atom is 0.410 e. The number of fused-ring (bicyclic) bond motifs is 2. The molecule has 5 nitrogen and oxygen atoms in total. The molecule has 2 heterocycles. The van der Waals surface area contributed by atoms with Crippen molar-refractivity contribution in [1.29, 1.82) is 5.26 Å². The SMILES string of the molecule is CC(C)(C)OC(=O)N1C2CCC1CC(O)(c1cccc(C#N)c1)C2. The van der Waals surface area contributed by atoms with Gasteiger partial charge in [0.15, 0.2) is 0 Å². The van der Waals surface area contributed by atoms with Gasteiger partial charge < -0.3 is 14.7 Å². The van der Waals surface area contributed by atoms with Crippen LogP contribution in [0.5, 0.6) is 0 Å². The summed E-state index contributed by atoms with van der Waals surface area (Å²) in [5, 5.41) is 20.3. The van der Waals surface area contributed by atoms with Crippen molar-refractivity contribution in [3.8, 4) is 6.07 Å². The van der Waals surface area contributed by atoms with E-state index in [0.717, 1.165) is 18.4 Å². The fraction of sp³-hybridized carbons (Fsp3) is 0.579. The van der Waals surface area contributed by atoms with Crippen LogP contribution >= 0.6 is 0 Å². The number of hydrogen-bond donors (Lipinski definition) is 1. The highest BCUT2D eigenvalue weighted by atomic mass is 16.6. The molecule has 2 bridgehead atoms. The zero-order valence-electron chi connectivity index (χ0n) is 14.5. The lowest BCUT2D eigenvalue weighted by Crippen LogP contribution is -2.53. The molecule has 0 radical (unpaired) electrons. The molecular formula is C19H24N2O3. The molecule has 2 atom stereocenters. The highest BCUT2D eigenvalue weighted by molar-refractivity contribution is 5.69. The van der Waals surface area contributed by atoms with E-state index < -0.39 is 11.2 Å². The number of piperidine rings is 1. The summed E-state index contributed by atoms with van der Waals surface area (Å²) in [6, 6.07) is 9.23. The summed E-state index contributed by atoms with van der Waals surface area (Å²) in [6.45, 7) is 5.58. The minimum absolute atomic E-state index is 0.0191. The van der Waals surface area contributed by atoms with Crippen LogP contribution in [0.4, 0.5) is 4.79 Å². The second-order valence-corrected chi connectivity index (χ2v) is 7.91. The van der Waals surface area contributed by atoms with Gasteiger partial charge in [0.05, 0.1) is 17.2 Å². The quantitative estimate of drug-likeness (QED) is 0.858. The first-order valence-corrected chi connectivity index (χ1v) is 8.46. The van der Waals surface area contributed by atoms with Gasteiger partial charge in [-0.25, -0.2) is 4.79 Å². The topological polar surface area (TPSA) is 73.6 Å². The van der Waals surface area contributed by atoms with E-state index in [-0.39, 0.29) is 18.2 Å². The Balaban J connectivity index is 1.82. The third-order valence-electron chi connectivity index (χ3n) is 4.90. The van der Waals surface area contributed by atoms with Gasteiger partial charge in [0.2, 0.25) is 0 Å². The van der Waals surface area contributed by atoms with Crippen molar-refractivity contribution >= 4 is 6.09 Å². The van der Waals surface area contributed by atoms with Gasteiger partial charge in [-0.3, -0.25) is 0 Å². The van der Waals surface area contributed by atoms with Crippen molar-refractivity contribution < 1.29 is 14.6 Å². The molecule has 1 aromatic carbocycles. The van der Waals surface area contributed by atoms with E-state index in [1.54, 1.807) is 18.2 Å². The Morgan fingerprint density at radius 1 is 1.33 bits per heavy atom. The second kappa shape index (κ2) is 5.78. The second-order valence-electron chi connectivity index (χ2n) is 7.91. The number of nitriles is 1. The number of ether oxygens (including phenoxy) is 1. The molecule has 2 fully saturated rings. The standard InChI is InChI=1S/C19H24N2O3/c1-18(2,3)24-17(22)21-15-7-8-16(21)11-19(23,10-15)14-6-4-5-13(9-14)12-20/h4-6,9,15-16,23H,7-8,10-11H2,1-3H3.